The summed E-state index contributed by atoms with van der Waals surface area (Å²) in [5, 5.41) is 12.7. The highest BCUT2D eigenvalue weighted by molar-refractivity contribution is 7.91. The molecule has 6 heteroatoms. The first-order chi connectivity index (χ1) is 7.82. The van der Waals surface area contributed by atoms with Crippen molar-refractivity contribution >= 4 is 9.84 Å². The molecule has 5 nitrogen and oxygen atoms in total. The highest BCUT2D eigenvalue weighted by atomic mass is 32.2. The number of sulfone groups is 1. The zero-order valence-electron chi connectivity index (χ0n) is 10.9. The zero-order valence-corrected chi connectivity index (χ0v) is 11.7. The standard InChI is InChI=1S/C11H24N2O3S/c1-9(2)13(3)6-4-5-12-10-7-17(15,16)8-11(10)14/h9-12,14H,4-8H2,1-3H3. The van der Waals surface area contributed by atoms with Crippen LogP contribution in [0.4, 0.5) is 0 Å². The fourth-order valence-corrected chi connectivity index (χ4v) is 3.67. The van der Waals surface area contributed by atoms with E-state index in [0.717, 1.165) is 19.5 Å². The van der Waals surface area contributed by atoms with E-state index in [0.29, 0.717) is 6.04 Å². The Morgan fingerprint density at radius 3 is 2.53 bits per heavy atom. The second kappa shape index (κ2) is 6.13. The van der Waals surface area contributed by atoms with Crippen LogP contribution in [0.15, 0.2) is 0 Å². The van der Waals surface area contributed by atoms with Gasteiger partial charge in [-0.05, 0) is 40.4 Å². The third-order valence-electron chi connectivity index (χ3n) is 3.30. The molecule has 0 amide bonds. The Morgan fingerprint density at radius 1 is 1.41 bits per heavy atom. The van der Waals surface area contributed by atoms with E-state index in [-0.39, 0.29) is 17.5 Å². The molecule has 1 fully saturated rings. The molecule has 0 spiro atoms. The zero-order chi connectivity index (χ0) is 13.1. The van der Waals surface area contributed by atoms with E-state index in [2.05, 4.69) is 31.1 Å². The van der Waals surface area contributed by atoms with E-state index in [1.807, 2.05) is 0 Å². The predicted molar refractivity (Wildman–Crippen MR) is 68.8 cm³/mol. The van der Waals surface area contributed by atoms with E-state index >= 15 is 0 Å². The minimum atomic E-state index is -3.03. The number of rotatable bonds is 6. The van der Waals surface area contributed by atoms with Gasteiger partial charge in [0.05, 0.1) is 17.6 Å². The lowest BCUT2D eigenvalue weighted by Crippen LogP contribution is -2.40. The lowest BCUT2D eigenvalue weighted by atomic mass is 10.2. The van der Waals surface area contributed by atoms with Crippen LogP contribution in [0.5, 0.6) is 0 Å². The Labute approximate surface area is 104 Å². The molecule has 1 aliphatic heterocycles. The van der Waals surface area contributed by atoms with Gasteiger partial charge in [0.2, 0.25) is 0 Å². The van der Waals surface area contributed by atoms with Crippen LogP contribution in [0.1, 0.15) is 20.3 Å². The molecule has 2 unspecified atom stereocenters. The second-order valence-corrected chi connectivity index (χ2v) is 7.29. The fourth-order valence-electron chi connectivity index (χ4n) is 1.90. The molecule has 1 heterocycles. The summed E-state index contributed by atoms with van der Waals surface area (Å²) in [5.74, 6) is -0.0370. The Kier molecular flexibility index (Phi) is 5.37. The molecular weight excluding hydrogens is 240 g/mol. The molecule has 0 bridgehead atoms. The smallest absolute Gasteiger partial charge is 0.154 e. The Morgan fingerprint density at radius 2 is 2.06 bits per heavy atom. The molecule has 17 heavy (non-hydrogen) atoms. The van der Waals surface area contributed by atoms with Gasteiger partial charge in [-0.2, -0.15) is 0 Å². The molecule has 0 radical (unpaired) electrons. The molecule has 0 aliphatic carbocycles. The predicted octanol–water partition coefficient (Wildman–Crippen LogP) is -0.536. The maximum Gasteiger partial charge on any atom is 0.154 e. The van der Waals surface area contributed by atoms with Gasteiger partial charge in [0.25, 0.3) is 0 Å². The van der Waals surface area contributed by atoms with E-state index in [1.54, 1.807) is 0 Å². The summed E-state index contributed by atoms with van der Waals surface area (Å²) < 4.78 is 22.5. The van der Waals surface area contributed by atoms with Crippen LogP contribution in [0, 0.1) is 0 Å². The fraction of sp³-hybridized carbons (Fsp3) is 1.00. The summed E-state index contributed by atoms with van der Waals surface area (Å²) in [7, 11) is -0.965. The summed E-state index contributed by atoms with van der Waals surface area (Å²) in [6, 6.07) is 0.233. The SMILES string of the molecule is CC(C)N(C)CCCNC1CS(=O)(=O)CC1O. The molecule has 1 rings (SSSR count). The maximum absolute atomic E-state index is 11.3. The summed E-state index contributed by atoms with van der Waals surface area (Å²) in [6.07, 6.45) is 0.209. The van der Waals surface area contributed by atoms with Gasteiger partial charge in [0.1, 0.15) is 0 Å². The average molecular weight is 264 g/mol. The third-order valence-corrected chi connectivity index (χ3v) is 5.01. The summed E-state index contributed by atoms with van der Waals surface area (Å²) in [4.78, 5) is 2.24. The van der Waals surface area contributed by atoms with Gasteiger partial charge >= 0.3 is 0 Å². The van der Waals surface area contributed by atoms with Gasteiger partial charge in [0.15, 0.2) is 9.84 Å². The van der Waals surface area contributed by atoms with Crippen molar-refractivity contribution in [2.24, 2.45) is 0 Å². The normalized spacial score (nSPS) is 28.1. The van der Waals surface area contributed by atoms with Crippen LogP contribution in [0.3, 0.4) is 0 Å². The molecule has 0 aromatic carbocycles. The Hall–Kier alpha value is -0.170. The largest absolute Gasteiger partial charge is 0.390 e. The minimum Gasteiger partial charge on any atom is -0.390 e. The molecule has 0 aromatic heterocycles. The maximum atomic E-state index is 11.3. The monoisotopic (exact) mass is 264 g/mol. The molecule has 2 atom stereocenters. The first-order valence-corrected chi connectivity index (χ1v) is 7.96. The lowest BCUT2D eigenvalue weighted by molar-refractivity contribution is 0.164. The van der Waals surface area contributed by atoms with Gasteiger partial charge in [0, 0.05) is 12.1 Å². The number of aliphatic hydroxyl groups is 1. The Bertz CT molecular complexity index is 330. The van der Waals surface area contributed by atoms with Gasteiger partial charge in [-0.25, -0.2) is 8.42 Å². The topological polar surface area (TPSA) is 69.6 Å². The van der Waals surface area contributed by atoms with Crippen molar-refractivity contribution in [3.63, 3.8) is 0 Å². The number of nitrogens with one attached hydrogen (secondary N) is 1. The van der Waals surface area contributed by atoms with E-state index in [1.165, 1.54) is 0 Å². The number of aliphatic hydroxyl groups excluding tert-OH is 1. The first-order valence-electron chi connectivity index (χ1n) is 6.14. The summed E-state index contributed by atoms with van der Waals surface area (Å²) >= 11 is 0. The lowest BCUT2D eigenvalue weighted by Gasteiger charge is -2.21. The van der Waals surface area contributed by atoms with E-state index < -0.39 is 15.9 Å². The Balaban J connectivity index is 2.20. The van der Waals surface area contributed by atoms with Crippen LogP contribution in [-0.2, 0) is 9.84 Å². The van der Waals surface area contributed by atoms with Crippen LogP contribution in [0.2, 0.25) is 0 Å². The molecular formula is C11H24N2O3S. The van der Waals surface area contributed by atoms with Crippen LogP contribution in [-0.4, -0.2) is 68.3 Å². The van der Waals surface area contributed by atoms with Gasteiger partial charge in [-0.15, -0.1) is 0 Å². The summed E-state index contributed by atoms with van der Waals surface area (Å²) in [6.45, 7) is 6.00. The van der Waals surface area contributed by atoms with Crippen LogP contribution < -0.4 is 5.32 Å². The number of nitrogens with zero attached hydrogens (tertiary/aromatic N) is 1. The first kappa shape index (κ1) is 14.9. The van der Waals surface area contributed by atoms with E-state index in [4.69, 9.17) is 0 Å². The molecule has 2 N–H and O–H groups in total. The molecule has 0 aromatic rings. The highest BCUT2D eigenvalue weighted by Gasteiger charge is 2.35. The van der Waals surface area contributed by atoms with Crippen molar-refractivity contribution < 1.29 is 13.5 Å². The highest BCUT2D eigenvalue weighted by Crippen LogP contribution is 2.12. The third kappa shape index (κ3) is 4.91. The van der Waals surface area contributed by atoms with Crippen molar-refractivity contribution in [2.45, 2.75) is 38.5 Å². The van der Waals surface area contributed by atoms with Gasteiger partial charge < -0.3 is 15.3 Å². The molecule has 1 aliphatic rings. The molecule has 1 saturated heterocycles. The van der Waals surface area contributed by atoms with Crippen molar-refractivity contribution in [3.05, 3.63) is 0 Å². The molecule has 102 valence electrons. The van der Waals surface area contributed by atoms with Gasteiger partial charge in [-0.3, -0.25) is 0 Å². The van der Waals surface area contributed by atoms with Crippen molar-refractivity contribution in [1.82, 2.24) is 10.2 Å². The second-order valence-electron chi connectivity index (χ2n) is 5.13. The number of hydrogen-bond donors (Lipinski definition) is 2. The van der Waals surface area contributed by atoms with Crippen LogP contribution >= 0.6 is 0 Å². The molecule has 0 saturated carbocycles. The van der Waals surface area contributed by atoms with Crippen molar-refractivity contribution in [2.75, 3.05) is 31.6 Å². The summed E-state index contributed by atoms with van der Waals surface area (Å²) in [5.41, 5.74) is 0. The van der Waals surface area contributed by atoms with Crippen molar-refractivity contribution in [3.8, 4) is 0 Å². The van der Waals surface area contributed by atoms with E-state index in [9.17, 15) is 13.5 Å². The minimum absolute atomic E-state index is 0.0637. The average Bonchev–Trinajstić information content (AvgIpc) is 2.46. The van der Waals surface area contributed by atoms with Crippen molar-refractivity contribution in [1.29, 1.82) is 0 Å². The number of hydrogen-bond acceptors (Lipinski definition) is 5. The van der Waals surface area contributed by atoms with Crippen LogP contribution in [0.25, 0.3) is 0 Å². The van der Waals surface area contributed by atoms with Gasteiger partial charge in [-0.1, -0.05) is 0 Å². The quantitative estimate of drug-likeness (QED) is 0.631.